The lowest BCUT2D eigenvalue weighted by atomic mass is 10.0. The fourth-order valence-corrected chi connectivity index (χ4v) is 4.47. The third-order valence-electron chi connectivity index (χ3n) is 5.67. The average Bonchev–Trinajstić information content (AvgIpc) is 2.76. The topological polar surface area (TPSA) is 83.8 Å². The van der Waals surface area contributed by atoms with Crippen LogP contribution in [0.4, 0.5) is 0 Å². The average molecular weight is 463 g/mol. The Labute approximate surface area is 193 Å². The Morgan fingerprint density at radius 1 is 0.750 bits per heavy atom. The van der Waals surface area contributed by atoms with Gasteiger partial charge in [-0.2, -0.15) is 8.42 Å². The van der Waals surface area contributed by atoms with Crippen LogP contribution in [0, 0.1) is 0 Å². The van der Waals surface area contributed by atoms with E-state index in [4.69, 9.17) is 4.74 Å². The molecule has 5 nitrogen and oxygen atoms in total. The van der Waals surface area contributed by atoms with Crippen LogP contribution in [-0.4, -0.2) is 18.1 Å². The maximum absolute atomic E-state index is 11.9. The van der Waals surface area contributed by atoms with Gasteiger partial charge in [-0.3, -0.25) is 4.55 Å². The van der Waals surface area contributed by atoms with Gasteiger partial charge in [0.2, 0.25) is 0 Å². The summed E-state index contributed by atoms with van der Waals surface area (Å²) in [5.74, 6) is 0.531. The molecule has 0 radical (unpaired) electrons. The monoisotopic (exact) mass is 462 g/mol. The summed E-state index contributed by atoms with van der Waals surface area (Å²) in [4.78, 5) is -0.234. The molecule has 32 heavy (non-hydrogen) atoms. The minimum atomic E-state index is -4.41. The number of unbranched alkanes of at least 4 members (excludes halogenated alkanes) is 11. The molecule has 0 fully saturated rings. The van der Waals surface area contributed by atoms with Gasteiger partial charge in [0.15, 0.2) is 0 Å². The van der Waals surface area contributed by atoms with E-state index in [0.717, 1.165) is 24.8 Å². The number of hydrogen-bond acceptors (Lipinski definition) is 4. The molecule has 0 saturated heterocycles. The number of aryl methyl sites for hydroxylation is 1. The summed E-state index contributed by atoms with van der Waals surface area (Å²) in [7, 11) is -4.41. The zero-order valence-electron chi connectivity index (χ0n) is 19.3. The Kier molecular flexibility index (Phi) is 11.6. The number of ether oxygens (including phenoxy) is 1. The normalized spacial score (nSPS) is 11.6. The summed E-state index contributed by atoms with van der Waals surface area (Å²) in [6.45, 7) is 2.25. The molecule has 0 bridgehead atoms. The molecule has 0 spiro atoms. The van der Waals surface area contributed by atoms with Crippen molar-refractivity contribution >= 4 is 10.1 Å². The molecule has 2 rings (SSSR count). The van der Waals surface area contributed by atoms with Gasteiger partial charge in [0.05, 0.1) is 0 Å². The third-order valence-corrected chi connectivity index (χ3v) is 6.54. The van der Waals surface area contributed by atoms with Crippen LogP contribution in [0.25, 0.3) is 0 Å². The number of hydrogen-bond donors (Lipinski definition) is 2. The van der Waals surface area contributed by atoms with Crippen molar-refractivity contribution in [3.8, 4) is 17.2 Å². The lowest BCUT2D eigenvalue weighted by Crippen LogP contribution is -2.02. The lowest BCUT2D eigenvalue weighted by Gasteiger charge is -2.11. The molecule has 0 aliphatic carbocycles. The lowest BCUT2D eigenvalue weighted by molar-refractivity contribution is 0.445. The fourth-order valence-electron chi connectivity index (χ4n) is 3.81. The van der Waals surface area contributed by atoms with E-state index in [1.807, 2.05) is 6.07 Å². The van der Waals surface area contributed by atoms with E-state index in [0.29, 0.717) is 5.75 Å². The first-order valence-corrected chi connectivity index (χ1v) is 13.4. The molecule has 178 valence electrons. The highest BCUT2D eigenvalue weighted by molar-refractivity contribution is 7.86. The summed E-state index contributed by atoms with van der Waals surface area (Å²) in [6, 6.07) is 10.9. The molecule has 2 N–H and O–H groups in total. The summed E-state index contributed by atoms with van der Waals surface area (Å²) in [6.07, 6.45) is 16.1. The molecule has 2 aromatic carbocycles. The van der Waals surface area contributed by atoms with Gasteiger partial charge < -0.3 is 9.84 Å². The number of aromatic hydroxyl groups is 1. The number of phenolic OH excluding ortho intramolecular Hbond substituents is 1. The Morgan fingerprint density at radius 2 is 1.28 bits per heavy atom. The van der Waals surface area contributed by atoms with Gasteiger partial charge in [0, 0.05) is 0 Å². The van der Waals surface area contributed by atoms with Crippen LogP contribution in [0.2, 0.25) is 0 Å². The quantitative estimate of drug-likeness (QED) is 0.197. The molecular formula is C26H38O5S. The van der Waals surface area contributed by atoms with Crippen molar-refractivity contribution in [3.63, 3.8) is 0 Å². The first-order chi connectivity index (χ1) is 15.4. The molecular weight excluding hydrogens is 424 g/mol. The maximum Gasteiger partial charge on any atom is 0.298 e. The number of benzene rings is 2. The third kappa shape index (κ3) is 10.0. The first-order valence-electron chi connectivity index (χ1n) is 12.0. The van der Waals surface area contributed by atoms with E-state index in [9.17, 15) is 18.1 Å². The van der Waals surface area contributed by atoms with E-state index < -0.39 is 10.1 Å². The van der Waals surface area contributed by atoms with E-state index >= 15 is 0 Å². The van der Waals surface area contributed by atoms with Crippen LogP contribution >= 0.6 is 0 Å². The zero-order valence-corrected chi connectivity index (χ0v) is 20.1. The smallest absolute Gasteiger partial charge is 0.298 e. The summed E-state index contributed by atoms with van der Waals surface area (Å²) < 4.78 is 39.0. The summed E-state index contributed by atoms with van der Waals surface area (Å²) >= 11 is 0. The molecule has 0 unspecified atom stereocenters. The minimum absolute atomic E-state index is 0.0663. The Balaban J connectivity index is 1.74. The Hall–Kier alpha value is -2.05. The SMILES string of the molecule is CCCCCCCCCCCCCCc1ccc(Oc2ccc(O)cc2)c(S(=O)(=O)O)c1. The number of phenols is 1. The van der Waals surface area contributed by atoms with E-state index in [2.05, 4.69) is 6.92 Å². The predicted octanol–water partition coefficient (Wildman–Crippen LogP) is 7.67. The van der Waals surface area contributed by atoms with Crippen molar-refractivity contribution in [1.82, 2.24) is 0 Å². The van der Waals surface area contributed by atoms with Gasteiger partial charge in [-0.1, -0.05) is 83.6 Å². The molecule has 0 aliphatic rings. The van der Waals surface area contributed by atoms with Crippen LogP contribution in [0.1, 0.15) is 89.5 Å². The Bertz CT molecular complexity index is 891. The summed E-state index contributed by atoms with van der Waals surface area (Å²) in [5.41, 5.74) is 0.864. The molecule has 0 aromatic heterocycles. The predicted molar refractivity (Wildman–Crippen MR) is 129 cm³/mol. The molecule has 6 heteroatoms. The zero-order chi connectivity index (χ0) is 23.2. The Morgan fingerprint density at radius 3 is 1.81 bits per heavy atom. The second kappa shape index (κ2) is 14.2. The second-order valence-corrected chi connectivity index (χ2v) is 9.88. The fraction of sp³-hybridized carbons (Fsp3) is 0.538. The van der Waals surface area contributed by atoms with E-state index in [1.165, 1.54) is 94.5 Å². The van der Waals surface area contributed by atoms with Crippen LogP contribution in [0.3, 0.4) is 0 Å². The van der Waals surface area contributed by atoms with Gasteiger partial charge in [-0.25, -0.2) is 0 Å². The van der Waals surface area contributed by atoms with Crippen molar-refractivity contribution in [2.24, 2.45) is 0 Å². The standard InChI is InChI=1S/C26H38O5S/c1-2-3-4-5-6-7-8-9-10-11-12-13-14-22-15-20-25(26(21-22)32(28,29)30)31-24-18-16-23(27)17-19-24/h15-21,27H,2-14H2,1H3,(H,28,29,30). The van der Waals surface area contributed by atoms with Crippen molar-refractivity contribution in [2.75, 3.05) is 0 Å². The van der Waals surface area contributed by atoms with Crippen molar-refractivity contribution in [3.05, 3.63) is 48.0 Å². The van der Waals surface area contributed by atoms with Gasteiger partial charge in [-0.15, -0.1) is 0 Å². The van der Waals surface area contributed by atoms with Crippen molar-refractivity contribution < 1.29 is 22.8 Å². The highest BCUT2D eigenvalue weighted by Gasteiger charge is 2.18. The molecule has 0 saturated carbocycles. The molecule has 0 atom stereocenters. The van der Waals surface area contributed by atoms with Crippen molar-refractivity contribution in [2.45, 2.75) is 95.3 Å². The van der Waals surface area contributed by atoms with Crippen LogP contribution < -0.4 is 4.74 Å². The largest absolute Gasteiger partial charge is 0.508 e. The maximum atomic E-state index is 11.9. The molecule has 0 amide bonds. The molecule has 0 heterocycles. The van der Waals surface area contributed by atoms with Crippen LogP contribution in [0.5, 0.6) is 17.2 Å². The van der Waals surface area contributed by atoms with Gasteiger partial charge >= 0.3 is 0 Å². The highest BCUT2D eigenvalue weighted by Crippen LogP contribution is 2.31. The number of rotatable bonds is 16. The van der Waals surface area contributed by atoms with Gasteiger partial charge in [0.25, 0.3) is 10.1 Å². The van der Waals surface area contributed by atoms with Crippen LogP contribution in [0.15, 0.2) is 47.4 Å². The first kappa shape index (κ1) is 26.2. The molecule has 0 aliphatic heterocycles. The highest BCUT2D eigenvalue weighted by atomic mass is 32.2. The van der Waals surface area contributed by atoms with E-state index in [1.54, 1.807) is 6.07 Å². The van der Waals surface area contributed by atoms with Gasteiger partial charge in [-0.05, 0) is 54.8 Å². The second-order valence-electron chi connectivity index (χ2n) is 8.49. The van der Waals surface area contributed by atoms with Crippen LogP contribution in [-0.2, 0) is 16.5 Å². The minimum Gasteiger partial charge on any atom is -0.508 e. The molecule has 2 aromatic rings. The van der Waals surface area contributed by atoms with Crippen molar-refractivity contribution in [1.29, 1.82) is 0 Å². The van der Waals surface area contributed by atoms with E-state index in [-0.39, 0.29) is 16.4 Å². The van der Waals surface area contributed by atoms with Gasteiger partial charge in [0.1, 0.15) is 22.1 Å². The summed E-state index contributed by atoms with van der Waals surface area (Å²) in [5, 5.41) is 9.36.